The molecule has 1 fully saturated rings. The summed E-state index contributed by atoms with van der Waals surface area (Å²) in [5.41, 5.74) is 5.65. The highest BCUT2D eigenvalue weighted by molar-refractivity contribution is 6.35. The normalized spacial score (nSPS) is 16.5. The van der Waals surface area contributed by atoms with E-state index in [0.29, 0.717) is 13.2 Å². The Kier molecular flexibility index (Phi) is 6.20. The Hall–Kier alpha value is -3.00. The van der Waals surface area contributed by atoms with Gasteiger partial charge in [-0.3, -0.25) is 9.59 Å². The molecule has 1 saturated heterocycles. The van der Waals surface area contributed by atoms with Crippen molar-refractivity contribution < 1.29 is 18.7 Å². The zero-order valence-corrected chi connectivity index (χ0v) is 15.9. The number of ether oxygens (including phenoxy) is 1. The number of nitrogens with one attached hydrogen (secondary N) is 2. The third-order valence-electron chi connectivity index (χ3n) is 4.65. The summed E-state index contributed by atoms with van der Waals surface area (Å²) in [6.45, 7) is 4.82. The van der Waals surface area contributed by atoms with Crippen molar-refractivity contribution in [3.8, 4) is 5.69 Å². The zero-order valence-electron chi connectivity index (χ0n) is 15.9. The minimum Gasteiger partial charge on any atom is -0.376 e. The van der Waals surface area contributed by atoms with Gasteiger partial charge in [-0.25, -0.2) is 9.82 Å². The number of aromatic nitrogens is 1. The summed E-state index contributed by atoms with van der Waals surface area (Å²) in [4.78, 5) is 23.6. The summed E-state index contributed by atoms with van der Waals surface area (Å²) in [6.07, 6.45) is 3.29. The number of rotatable bonds is 5. The lowest BCUT2D eigenvalue weighted by atomic mass is 10.2. The number of aryl methyl sites for hydroxylation is 1. The highest BCUT2D eigenvalue weighted by Gasteiger charge is 2.19. The van der Waals surface area contributed by atoms with Crippen LogP contribution in [0.15, 0.2) is 35.4 Å². The standard InChI is InChI=1S/C20H23FN4O3/c1-13-10-15(14(2)25(13)17-7-5-16(21)6-8-17)11-23-24-20(27)19(26)22-12-18-4-3-9-28-18/h5-8,10-11,18H,3-4,9,12H2,1-2H3,(H,22,26)(H,24,27)/b23-11-/t18-/m0/s1. The monoisotopic (exact) mass is 386 g/mol. The molecule has 3 rings (SSSR count). The Bertz CT molecular complexity index is 884. The summed E-state index contributed by atoms with van der Waals surface area (Å²) in [5.74, 6) is -1.88. The number of hydrogen-bond acceptors (Lipinski definition) is 4. The van der Waals surface area contributed by atoms with E-state index in [1.54, 1.807) is 12.1 Å². The maximum atomic E-state index is 13.1. The number of carbonyl (C=O) groups is 2. The van der Waals surface area contributed by atoms with Crippen molar-refractivity contribution in [2.75, 3.05) is 13.2 Å². The fraction of sp³-hybridized carbons (Fsp3) is 0.350. The van der Waals surface area contributed by atoms with Gasteiger partial charge in [0, 0.05) is 35.8 Å². The van der Waals surface area contributed by atoms with Gasteiger partial charge in [-0.2, -0.15) is 5.10 Å². The first-order chi connectivity index (χ1) is 13.5. The fourth-order valence-corrected chi connectivity index (χ4v) is 3.21. The molecule has 1 aromatic heterocycles. The van der Waals surface area contributed by atoms with Gasteiger partial charge < -0.3 is 14.6 Å². The first-order valence-electron chi connectivity index (χ1n) is 9.13. The van der Waals surface area contributed by atoms with Crippen LogP contribution < -0.4 is 10.7 Å². The van der Waals surface area contributed by atoms with Crippen molar-refractivity contribution in [2.45, 2.75) is 32.8 Å². The maximum absolute atomic E-state index is 13.1. The second-order valence-electron chi connectivity index (χ2n) is 6.68. The molecule has 1 aliphatic rings. The Labute approximate surface area is 162 Å². The van der Waals surface area contributed by atoms with E-state index in [0.717, 1.165) is 35.5 Å². The van der Waals surface area contributed by atoms with Gasteiger partial charge in [0.15, 0.2) is 0 Å². The summed E-state index contributed by atoms with van der Waals surface area (Å²) >= 11 is 0. The molecule has 2 heterocycles. The molecule has 0 spiro atoms. The average Bonchev–Trinajstić information content (AvgIpc) is 3.29. The lowest BCUT2D eigenvalue weighted by Crippen LogP contribution is -2.41. The van der Waals surface area contributed by atoms with Crippen LogP contribution in [-0.4, -0.2) is 41.9 Å². The summed E-state index contributed by atoms with van der Waals surface area (Å²) in [5, 5.41) is 6.41. The molecule has 2 N–H and O–H groups in total. The number of benzene rings is 1. The second kappa shape index (κ2) is 8.79. The van der Waals surface area contributed by atoms with Crippen LogP contribution in [0.5, 0.6) is 0 Å². The van der Waals surface area contributed by atoms with Crippen LogP contribution in [0.2, 0.25) is 0 Å². The summed E-state index contributed by atoms with van der Waals surface area (Å²) < 4.78 is 20.5. The summed E-state index contributed by atoms with van der Waals surface area (Å²) in [7, 11) is 0. The Morgan fingerprint density at radius 3 is 2.71 bits per heavy atom. The number of hydrazone groups is 1. The smallest absolute Gasteiger partial charge is 0.329 e. The third-order valence-corrected chi connectivity index (χ3v) is 4.65. The van der Waals surface area contributed by atoms with Crippen LogP contribution in [-0.2, 0) is 14.3 Å². The van der Waals surface area contributed by atoms with Gasteiger partial charge in [-0.15, -0.1) is 0 Å². The van der Waals surface area contributed by atoms with E-state index in [1.165, 1.54) is 18.3 Å². The first-order valence-corrected chi connectivity index (χ1v) is 9.13. The molecular weight excluding hydrogens is 363 g/mol. The molecule has 1 aliphatic heterocycles. The number of carbonyl (C=O) groups excluding carboxylic acids is 2. The Morgan fingerprint density at radius 2 is 2.04 bits per heavy atom. The Balaban J connectivity index is 1.59. The van der Waals surface area contributed by atoms with E-state index in [1.807, 2.05) is 24.5 Å². The number of halogens is 1. The van der Waals surface area contributed by atoms with Crippen LogP contribution in [0.1, 0.15) is 29.8 Å². The average molecular weight is 386 g/mol. The molecule has 0 saturated carbocycles. The van der Waals surface area contributed by atoms with Gasteiger partial charge in [-0.1, -0.05) is 0 Å². The summed E-state index contributed by atoms with van der Waals surface area (Å²) in [6, 6.07) is 8.08. The van der Waals surface area contributed by atoms with E-state index in [9.17, 15) is 14.0 Å². The van der Waals surface area contributed by atoms with Gasteiger partial charge in [0.25, 0.3) is 0 Å². The van der Waals surface area contributed by atoms with Crippen molar-refractivity contribution in [3.63, 3.8) is 0 Å². The third kappa shape index (κ3) is 4.64. The molecule has 148 valence electrons. The molecule has 0 aliphatic carbocycles. The van der Waals surface area contributed by atoms with Gasteiger partial charge in [0.05, 0.1) is 12.3 Å². The van der Waals surface area contributed by atoms with Crippen LogP contribution in [0.4, 0.5) is 4.39 Å². The van der Waals surface area contributed by atoms with Crippen LogP contribution in [0.3, 0.4) is 0 Å². The minimum absolute atomic E-state index is 0.0305. The SMILES string of the molecule is Cc1cc(/C=N\NC(=O)C(=O)NC[C@@H]2CCCO2)c(C)n1-c1ccc(F)cc1. The van der Waals surface area contributed by atoms with Crippen molar-refractivity contribution in [1.82, 2.24) is 15.3 Å². The molecule has 8 heteroatoms. The van der Waals surface area contributed by atoms with Gasteiger partial charge in [0.2, 0.25) is 0 Å². The Morgan fingerprint density at radius 1 is 1.29 bits per heavy atom. The second-order valence-corrected chi connectivity index (χ2v) is 6.68. The van der Waals surface area contributed by atoms with Crippen molar-refractivity contribution in [2.24, 2.45) is 5.10 Å². The van der Waals surface area contributed by atoms with Crippen LogP contribution in [0, 0.1) is 19.7 Å². The number of nitrogens with zero attached hydrogens (tertiary/aromatic N) is 2. The highest BCUT2D eigenvalue weighted by atomic mass is 19.1. The van der Waals surface area contributed by atoms with Crippen molar-refractivity contribution in [1.29, 1.82) is 0 Å². The van der Waals surface area contributed by atoms with Crippen LogP contribution in [0.25, 0.3) is 5.69 Å². The lowest BCUT2D eigenvalue weighted by molar-refractivity contribution is -0.139. The van der Waals surface area contributed by atoms with Gasteiger partial charge in [0.1, 0.15) is 5.82 Å². The predicted octanol–water partition coefficient (Wildman–Crippen LogP) is 1.98. The topological polar surface area (TPSA) is 84.7 Å². The molecule has 2 aromatic rings. The van der Waals surface area contributed by atoms with E-state index >= 15 is 0 Å². The molecule has 0 unspecified atom stereocenters. The molecule has 0 bridgehead atoms. The lowest BCUT2D eigenvalue weighted by Gasteiger charge is -2.09. The minimum atomic E-state index is -0.832. The van der Waals surface area contributed by atoms with Gasteiger partial charge in [-0.05, 0) is 57.0 Å². The van der Waals surface area contributed by atoms with E-state index < -0.39 is 11.8 Å². The predicted molar refractivity (Wildman–Crippen MR) is 103 cm³/mol. The first kappa shape index (κ1) is 19.8. The quantitative estimate of drug-likeness (QED) is 0.468. The molecule has 28 heavy (non-hydrogen) atoms. The fourth-order valence-electron chi connectivity index (χ4n) is 3.21. The van der Waals surface area contributed by atoms with Crippen molar-refractivity contribution >= 4 is 18.0 Å². The van der Waals surface area contributed by atoms with Crippen LogP contribution >= 0.6 is 0 Å². The molecule has 2 amide bonds. The highest BCUT2D eigenvalue weighted by Crippen LogP contribution is 2.20. The van der Waals surface area contributed by atoms with Gasteiger partial charge >= 0.3 is 11.8 Å². The largest absolute Gasteiger partial charge is 0.376 e. The van der Waals surface area contributed by atoms with Crippen molar-refractivity contribution in [3.05, 3.63) is 53.1 Å². The molecule has 1 atom stereocenters. The molecular formula is C20H23FN4O3. The number of amides is 2. The van der Waals surface area contributed by atoms with E-state index in [2.05, 4.69) is 15.8 Å². The number of hydrogen-bond donors (Lipinski definition) is 2. The maximum Gasteiger partial charge on any atom is 0.329 e. The van der Waals surface area contributed by atoms with E-state index in [-0.39, 0.29) is 11.9 Å². The van der Waals surface area contributed by atoms with E-state index in [4.69, 9.17) is 4.74 Å². The molecule has 1 aromatic carbocycles. The zero-order chi connectivity index (χ0) is 20.1. The molecule has 0 radical (unpaired) electrons. The molecule has 7 nitrogen and oxygen atoms in total.